The van der Waals surface area contributed by atoms with Crippen molar-refractivity contribution in [3.63, 3.8) is 0 Å². The Bertz CT molecular complexity index is 551. The third-order valence-corrected chi connectivity index (χ3v) is 3.08. The number of furan rings is 1. The molecule has 0 aliphatic carbocycles. The van der Waals surface area contributed by atoms with Crippen LogP contribution in [-0.4, -0.2) is 13.1 Å². The topological polar surface area (TPSA) is 25.2 Å². The van der Waals surface area contributed by atoms with Gasteiger partial charge in [0.05, 0.1) is 0 Å². The fourth-order valence-corrected chi connectivity index (χ4v) is 2.09. The normalized spacial score (nSPS) is 12.0. The molecule has 0 saturated heterocycles. The average Bonchev–Trinajstić information content (AvgIpc) is 2.78. The second kappa shape index (κ2) is 6.58. The Hall–Kier alpha value is -1.54. The third-order valence-electron chi connectivity index (χ3n) is 3.08. The molecule has 0 radical (unpaired) electrons. The van der Waals surface area contributed by atoms with Crippen LogP contribution in [0.1, 0.15) is 31.6 Å². The van der Waals surface area contributed by atoms with E-state index in [9.17, 15) is 0 Å². The largest absolute Gasteiger partial charge is 0.456 e. The Morgan fingerprint density at radius 3 is 2.89 bits per heavy atom. The lowest BCUT2D eigenvalue weighted by Gasteiger charge is -2.04. The first-order valence-corrected chi connectivity index (χ1v) is 7.03. The zero-order valence-corrected chi connectivity index (χ0v) is 12.1. The van der Waals surface area contributed by atoms with Gasteiger partial charge < -0.3 is 9.73 Å². The Labute approximate surface area is 115 Å². The number of aryl methyl sites for hydroxylation is 1. The van der Waals surface area contributed by atoms with E-state index >= 15 is 0 Å². The molecule has 2 rings (SSSR count). The molecular formula is C17H23NO. The number of hydrogen-bond donors (Lipinski definition) is 1. The monoisotopic (exact) mass is 257 g/mol. The number of para-hydroxylation sites is 1. The number of fused-ring (bicyclic) bond motifs is 1. The highest BCUT2D eigenvalue weighted by Gasteiger charge is 2.02. The third kappa shape index (κ3) is 3.97. The predicted octanol–water partition coefficient (Wildman–Crippen LogP) is 4.39. The van der Waals surface area contributed by atoms with E-state index in [4.69, 9.17) is 4.42 Å². The molecule has 0 unspecified atom stereocenters. The van der Waals surface area contributed by atoms with Crippen molar-refractivity contribution >= 4 is 17.0 Å². The number of benzene rings is 1. The van der Waals surface area contributed by atoms with Crippen molar-refractivity contribution in [2.24, 2.45) is 5.92 Å². The Balaban J connectivity index is 1.89. The molecule has 0 atom stereocenters. The molecule has 1 heterocycles. The molecule has 0 bridgehead atoms. The van der Waals surface area contributed by atoms with E-state index in [1.54, 1.807) is 0 Å². The molecule has 2 aromatic rings. The molecule has 2 nitrogen and oxygen atoms in total. The lowest BCUT2D eigenvalue weighted by atomic mass is 10.2. The van der Waals surface area contributed by atoms with Crippen molar-refractivity contribution in [1.82, 2.24) is 5.32 Å². The van der Waals surface area contributed by atoms with Gasteiger partial charge in [-0.15, -0.1) is 0 Å². The van der Waals surface area contributed by atoms with Crippen molar-refractivity contribution in [2.45, 2.75) is 27.2 Å². The van der Waals surface area contributed by atoms with Crippen LogP contribution in [0.25, 0.3) is 17.0 Å². The van der Waals surface area contributed by atoms with Gasteiger partial charge in [0, 0.05) is 5.39 Å². The molecule has 0 aliphatic rings. The first kappa shape index (κ1) is 13.9. The van der Waals surface area contributed by atoms with Crippen molar-refractivity contribution in [2.75, 3.05) is 13.1 Å². The summed E-state index contributed by atoms with van der Waals surface area (Å²) in [4.78, 5) is 0. The fraction of sp³-hybridized carbons (Fsp3) is 0.412. The second-order valence-corrected chi connectivity index (χ2v) is 5.43. The zero-order chi connectivity index (χ0) is 13.7. The lowest BCUT2D eigenvalue weighted by molar-refractivity contribution is 0.556. The predicted molar refractivity (Wildman–Crippen MR) is 82.3 cm³/mol. The summed E-state index contributed by atoms with van der Waals surface area (Å²) in [5, 5.41) is 4.60. The summed E-state index contributed by atoms with van der Waals surface area (Å²) >= 11 is 0. The van der Waals surface area contributed by atoms with Crippen molar-refractivity contribution in [1.29, 1.82) is 0 Å². The molecule has 1 aromatic heterocycles. The molecule has 0 amide bonds. The van der Waals surface area contributed by atoms with Gasteiger partial charge in [0.2, 0.25) is 0 Å². The van der Waals surface area contributed by atoms with Crippen LogP contribution in [-0.2, 0) is 0 Å². The maximum absolute atomic E-state index is 5.84. The number of nitrogens with one attached hydrogen (secondary N) is 1. The molecule has 1 N–H and O–H groups in total. The Kier molecular flexibility index (Phi) is 4.80. The molecule has 19 heavy (non-hydrogen) atoms. The minimum absolute atomic E-state index is 0.710. The van der Waals surface area contributed by atoms with E-state index in [2.05, 4.69) is 62.5 Å². The van der Waals surface area contributed by atoms with E-state index < -0.39 is 0 Å². The van der Waals surface area contributed by atoms with Gasteiger partial charge in [-0.2, -0.15) is 0 Å². The minimum Gasteiger partial charge on any atom is -0.456 e. The van der Waals surface area contributed by atoms with Gasteiger partial charge in [-0.3, -0.25) is 0 Å². The van der Waals surface area contributed by atoms with Crippen LogP contribution in [0.2, 0.25) is 0 Å². The highest BCUT2D eigenvalue weighted by Crippen LogP contribution is 2.23. The minimum atomic E-state index is 0.710. The van der Waals surface area contributed by atoms with Crippen LogP contribution in [0.15, 0.2) is 34.8 Å². The molecule has 0 spiro atoms. The maximum Gasteiger partial charge on any atom is 0.137 e. The van der Waals surface area contributed by atoms with E-state index in [1.807, 2.05) is 0 Å². The summed E-state index contributed by atoms with van der Waals surface area (Å²) in [7, 11) is 0. The molecule has 0 aliphatic heterocycles. The summed E-state index contributed by atoms with van der Waals surface area (Å²) in [6, 6.07) is 8.33. The Morgan fingerprint density at radius 2 is 2.16 bits per heavy atom. The SMILES string of the molecule is Cc1cccc2cc(/C=C/CCNCC(C)C)oc12. The van der Waals surface area contributed by atoms with Gasteiger partial charge in [-0.05, 0) is 50.1 Å². The van der Waals surface area contributed by atoms with Crippen LogP contribution in [0.4, 0.5) is 0 Å². The first-order chi connectivity index (χ1) is 9.16. The van der Waals surface area contributed by atoms with Gasteiger partial charge in [0.1, 0.15) is 11.3 Å². The number of hydrogen-bond acceptors (Lipinski definition) is 2. The van der Waals surface area contributed by atoms with Gasteiger partial charge in [0.15, 0.2) is 0 Å². The number of rotatable bonds is 6. The van der Waals surface area contributed by atoms with Crippen LogP contribution in [0.5, 0.6) is 0 Å². The van der Waals surface area contributed by atoms with Gasteiger partial charge in [-0.25, -0.2) is 0 Å². The van der Waals surface area contributed by atoms with Crippen molar-refractivity contribution in [3.8, 4) is 0 Å². The summed E-state index contributed by atoms with van der Waals surface area (Å²) in [5.41, 5.74) is 2.19. The van der Waals surface area contributed by atoms with Gasteiger partial charge >= 0.3 is 0 Å². The highest BCUT2D eigenvalue weighted by atomic mass is 16.3. The van der Waals surface area contributed by atoms with Crippen LogP contribution < -0.4 is 5.32 Å². The molecule has 0 fully saturated rings. The lowest BCUT2D eigenvalue weighted by Crippen LogP contribution is -2.20. The molecule has 102 valence electrons. The summed E-state index contributed by atoms with van der Waals surface area (Å²) in [5.74, 6) is 1.65. The van der Waals surface area contributed by atoms with E-state index in [0.29, 0.717) is 5.92 Å². The van der Waals surface area contributed by atoms with Crippen molar-refractivity contribution < 1.29 is 4.42 Å². The summed E-state index contributed by atoms with van der Waals surface area (Å²) in [6.07, 6.45) is 5.26. The average molecular weight is 257 g/mol. The molecule has 2 heteroatoms. The van der Waals surface area contributed by atoms with E-state index in [-0.39, 0.29) is 0 Å². The standard InChI is InChI=1S/C17H23NO/c1-13(2)12-18-10-5-4-9-16-11-15-8-6-7-14(3)17(15)19-16/h4,6-9,11,13,18H,5,10,12H2,1-3H3/b9-4+. The smallest absolute Gasteiger partial charge is 0.137 e. The van der Waals surface area contributed by atoms with Crippen LogP contribution in [0, 0.1) is 12.8 Å². The highest BCUT2D eigenvalue weighted by molar-refractivity contribution is 5.82. The Morgan fingerprint density at radius 1 is 1.32 bits per heavy atom. The van der Waals surface area contributed by atoms with E-state index in [0.717, 1.165) is 30.9 Å². The zero-order valence-electron chi connectivity index (χ0n) is 12.1. The molecular weight excluding hydrogens is 234 g/mol. The molecule has 0 saturated carbocycles. The van der Waals surface area contributed by atoms with Gasteiger partial charge in [-0.1, -0.05) is 38.1 Å². The summed E-state index contributed by atoms with van der Waals surface area (Å²) in [6.45, 7) is 8.62. The van der Waals surface area contributed by atoms with Crippen LogP contribution >= 0.6 is 0 Å². The maximum atomic E-state index is 5.84. The van der Waals surface area contributed by atoms with E-state index in [1.165, 1.54) is 10.9 Å². The van der Waals surface area contributed by atoms with Crippen LogP contribution in [0.3, 0.4) is 0 Å². The fourth-order valence-electron chi connectivity index (χ4n) is 2.09. The quantitative estimate of drug-likeness (QED) is 0.776. The summed E-state index contributed by atoms with van der Waals surface area (Å²) < 4.78 is 5.84. The van der Waals surface area contributed by atoms with Gasteiger partial charge in [0.25, 0.3) is 0 Å². The first-order valence-electron chi connectivity index (χ1n) is 7.03. The second-order valence-electron chi connectivity index (χ2n) is 5.43. The van der Waals surface area contributed by atoms with Crippen molar-refractivity contribution in [3.05, 3.63) is 41.7 Å². The molecule has 1 aromatic carbocycles.